The van der Waals surface area contributed by atoms with Crippen LogP contribution in [0.2, 0.25) is 0 Å². The van der Waals surface area contributed by atoms with Crippen LogP contribution in [-0.2, 0) is 4.79 Å². The average Bonchev–Trinajstić information content (AvgIpc) is 2.03. The van der Waals surface area contributed by atoms with Crippen molar-refractivity contribution in [3.8, 4) is 0 Å². The van der Waals surface area contributed by atoms with Crippen molar-refractivity contribution in [3.05, 3.63) is 10.4 Å². The van der Waals surface area contributed by atoms with E-state index in [0.29, 0.717) is 0 Å². The molecule has 0 fully saturated rings. The molecule has 0 atom stereocenters. The van der Waals surface area contributed by atoms with Crippen LogP contribution < -0.4 is 113 Å². The Bertz CT molecular complexity index is 209. The van der Waals surface area contributed by atoms with Crippen LogP contribution in [0.5, 0.6) is 0 Å². The van der Waals surface area contributed by atoms with E-state index in [9.17, 15) is 15.2 Å². The molecule has 0 aromatic heterocycles. The molecular formula is C5H10K2N4O3+2. The molecule has 0 amide bonds. The summed E-state index contributed by atoms with van der Waals surface area (Å²) in [5.41, 5.74) is -1.59. The van der Waals surface area contributed by atoms with Crippen molar-refractivity contribution in [3.63, 3.8) is 0 Å². The fourth-order valence-corrected chi connectivity index (χ4v) is 0.741. The van der Waals surface area contributed by atoms with Crippen molar-refractivity contribution in [2.24, 2.45) is 10.2 Å². The largest absolute Gasteiger partial charge is 1.00 e. The third-order valence-electron chi connectivity index (χ3n) is 1.52. The first-order valence-corrected chi connectivity index (χ1v) is 3.32. The summed E-state index contributed by atoms with van der Waals surface area (Å²) in [5.74, 6) is -0.475. The Labute approximate surface area is 167 Å². The summed E-state index contributed by atoms with van der Waals surface area (Å²) >= 11 is 0. The Morgan fingerprint density at radius 3 is 1.79 bits per heavy atom. The van der Waals surface area contributed by atoms with Gasteiger partial charge in [-0.05, 0) is 6.92 Å². The number of carbonyl (C=O) groups is 1. The minimum atomic E-state index is -1.59. The average molecular weight is 252 g/mol. The van der Waals surface area contributed by atoms with Crippen LogP contribution in [0.4, 0.5) is 0 Å². The molecule has 0 spiro atoms. The molecule has 2 N–H and O–H groups in total. The van der Waals surface area contributed by atoms with Gasteiger partial charge in [0, 0.05) is 16.6 Å². The van der Waals surface area contributed by atoms with Gasteiger partial charge in [0.1, 0.15) is 0 Å². The second kappa shape index (κ2) is 11.2. The molecular weight excluding hydrogens is 242 g/mol. The van der Waals surface area contributed by atoms with Gasteiger partial charge in [-0.15, -0.1) is 10.6 Å². The Hall–Kier alpha value is 1.74. The van der Waals surface area contributed by atoms with Gasteiger partial charge in [0.05, 0.1) is 0 Å². The number of hydrogen-bond donors (Lipinski definition) is 2. The smallest absolute Gasteiger partial charge is 0.602 e. The Morgan fingerprint density at radius 2 is 1.64 bits per heavy atom. The van der Waals surface area contributed by atoms with Crippen molar-refractivity contribution < 1.29 is 118 Å². The van der Waals surface area contributed by atoms with E-state index in [1.165, 1.54) is 17.5 Å². The van der Waals surface area contributed by atoms with Crippen LogP contribution in [0.1, 0.15) is 20.3 Å². The number of carbonyl (C=O) groups excluding carboxylic acids is 1. The third-order valence-corrected chi connectivity index (χ3v) is 1.52. The molecule has 7 nitrogen and oxygen atoms in total. The van der Waals surface area contributed by atoms with E-state index in [1.807, 2.05) is 0 Å². The summed E-state index contributed by atoms with van der Waals surface area (Å²) in [6.07, 6.45) is 0.146. The molecule has 0 rings (SSSR count). The van der Waals surface area contributed by atoms with Gasteiger partial charge in [-0.1, -0.05) is 6.92 Å². The van der Waals surface area contributed by atoms with Crippen molar-refractivity contribution in [1.82, 2.24) is 0 Å². The fourth-order valence-electron chi connectivity index (χ4n) is 0.741. The van der Waals surface area contributed by atoms with Gasteiger partial charge >= 0.3 is 108 Å². The van der Waals surface area contributed by atoms with Crippen molar-refractivity contribution in [2.75, 3.05) is 0 Å². The van der Waals surface area contributed by atoms with Crippen LogP contribution in [0.3, 0.4) is 0 Å². The van der Waals surface area contributed by atoms with Crippen molar-refractivity contribution in [2.45, 2.75) is 25.9 Å². The van der Waals surface area contributed by atoms with Crippen LogP contribution in [0.15, 0.2) is 10.2 Å². The van der Waals surface area contributed by atoms with Crippen LogP contribution in [-0.4, -0.2) is 11.4 Å². The molecule has 0 aliphatic carbocycles. The molecule has 0 heterocycles. The summed E-state index contributed by atoms with van der Waals surface area (Å²) in [4.78, 5) is 10.9. The standard InChI is InChI=1S/C5H10N4O3.2K/c1-3-5(4(2)10,6-8-11)7-9-12;;/h8-9H,3H2,1-2H3;;/q;2*+1. The van der Waals surface area contributed by atoms with Gasteiger partial charge in [-0.2, -0.15) is 0 Å². The minimum Gasteiger partial charge on any atom is -0.602 e. The van der Waals surface area contributed by atoms with E-state index in [1.54, 1.807) is 6.92 Å². The van der Waals surface area contributed by atoms with Gasteiger partial charge in [-0.25, -0.2) is 0 Å². The molecule has 0 aromatic rings. The molecule has 0 saturated heterocycles. The summed E-state index contributed by atoms with van der Waals surface area (Å²) in [5, 5.41) is 28.6. The normalized spacial score (nSPS) is 11.0. The number of nitrogens with one attached hydrogen (secondary N) is 2. The molecule has 0 aliphatic heterocycles. The number of hydrogen-bond acceptors (Lipinski definition) is 5. The zero-order valence-corrected chi connectivity index (χ0v) is 15.1. The van der Waals surface area contributed by atoms with Crippen LogP contribution >= 0.6 is 0 Å². The summed E-state index contributed by atoms with van der Waals surface area (Å²) in [7, 11) is 0. The van der Waals surface area contributed by atoms with E-state index in [2.05, 4.69) is 10.2 Å². The molecule has 0 aromatic carbocycles. The van der Waals surface area contributed by atoms with E-state index < -0.39 is 11.4 Å². The predicted octanol–water partition coefficient (Wildman–Crippen LogP) is -8.25. The number of ketones is 1. The summed E-state index contributed by atoms with van der Waals surface area (Å²) < 4.78 is 0. The van der Waals surface area contributed by atoms with Gasteiger partial charge in [0.2, 0.25) is 0 Å². The zero-order valence-electron chi connectivity index (χ0n) is 8.83. The SMILES string of the molecule is CCC(/N=[NH+]/[O-])(/N=[NH+]/[O-])C(C)=O.[K+].[K+]. The van der Waals surface area contributed by atoms with E-state index in [4.69, 9.17) is 0 Å². The Kier molecular flexibility index (Phi) is 16.9. The first kappa shape index (κ1) is 21.1. The third kappa shape index (κ3) is 6.35. The molecule has 9 heteroatoms. The van der Waals surface area contributed by atoms with E-state index in [0.717, 1.165) is 0 Å². The number of rotatable bonds is 4. The van der Waals surface area contributed by atoms with Gasteiger partial charge < -0.3 is 10.4 Å². The van der Waals surface area contributed by atoms with E-state index in [-0.39, 0.29) is 109 Å². The second-order valence-corrected chi connectivity index (χ2v) is 2.13. The van der Waals surface area contributed by atoms with Gasteiger partial charge in [0.15, 0.2) is 5.78 Å². The monoisotopic (exact) mass is 252 g/mol. The summed E-state index contributed by atoms with van der Waals surface area (Å²) in [6.45, 7) is 2.79. The topological polar surface area (TPSA) is 116 Å². The van der Waals surface area contributed by atoms with Crippen molar-refractivity contribution in [1.29, 1.82) is 0 Å². The predicted molar refractivity (Wildman–Crippen MR) is 37.2 cm³/mol. The Balaban J connectivity index is -0.000000605. The van der Waals surface area contributed by atoms with Crippen LogP contribution in [0.25, 0.3) is 0 Å². The quantitative estimate of drug-likeness (QED) is 0.294. The maximum absolute atomic E-state index is 10.9. The molecule has 0 unspecified atom stereocenters. The fraction of sp³-hybridized carbons (Fsp3) is 0.800. The van der Waals surface area contributed by atoms with Crippen LogP contribution in [0, 0.1) is 10.4 Å². The molecule has 14 heavy (non-hydrogen) atoms. The maximum atomic E-state index is 10.9. The summed E-state index contributed by atoms with van der Waals surface area (Å²) in [6, 6.07) is 0. The molecule has 0 radical (unpaired) electrons. The molecule has 68 valence electrons. The number of Topliss-reactive ketones (excluding diaryl/α,β-unsaturated/α-hetero) is 1. The zero-order chi connectivity index (χ0) is 9.61. The first-order valence-electron chi connectivity index (χ1n) is 3.32. The van der Waals surface area contributed by atoms with Gasteiger partial charge in [-0.3, -0.25) is 4.79 Å². The van der Waals surface area contributed by atoms with E-state index >= 15 is 0 Å². The molecule has 0 bridgehead atoms. The first-order chi connectivity index (χ1) is 5.63. The second-order valence-electron chi connectivity index (χ2n) is 2.13. The van der Waals surface area contributed by atoms with Crippen molar-refractivity contribution >= 4 is 5.78 Å². The molecule has 0 aliphatic rings. The molecule has 0 saturated carbocycles. The number of nitrogens with zero attached hydrogens (tertiary/aromatic N) is 2. The minimum absolute atomic E-state index is 0. The van der Waals surface area contributed by atoms with Gasteiger partial charge in [0.25, 0.3) is 0 Å². The maximum Gasteiger partial charge on any atom is 1.00 e. The Morgan fingerprint density at radius 1 is 1.29 bits per heavy atom.